The van der Waals surface area contributed by atoms with Gasteiger partial charge in [-0.3, -0.25) is 0 Å². The van der Waals surface area contributed by atoms with Gasteiger partial charge in [0.05, 0.1) is 0 Å². The van der Waals surface area contributed by atoms with E-state index in [2.05, 4.69) is 15.9 Å². The molecule has 0 N–H and O–H groups in total. The van der Waals surface area contributed by atoms with Crippen LogP contribution in [0, 0.1) is 0 Å². The second-order valence-corrected chi connectivity index (χ2v) is 15.9. The third-order valence-corrected chi connectivity index (χ3v) is 11.9. The number of unbranched alkanes of at least 4 members (excludes halogenated alkanes) is 28. The van der Waals surface area contributed by atoms with Crippen molar-refractivity contribution >= 4 is 24.7 Å². The van der Waals surface area contributed by atoms with Crippen LogP contribution in [0.5, 0.6) is 0 Å². The molecule has 236 valence electrons. The summed E-state index contributed by atoms with van der Waals surface area (Å²) in [4.78, 5) is 0. The molecule has 0 saturated heterocycles. The van der Waals surface area contributed by atoms with Crippen LogP contribution in [0.25, 0.3) is 0 Å². The fraction of sp³-hybridized carbons (Fsp3) is 1.00. The summed E-state index contributed by atoms with van der Waals surface area (Å²) in [5.74, 6) is 0. The Labute approximate surface area is 256 Å². The van der Waals surface area contributed by atoms with Crippen LogP contribution in [0.1, 0.15) is 186 Å². The number of alkyl halides is 1. The van der Waals surface area contributed by atoms with Gasteiger partial charge in [-0.1, -0.05) is 189 Å². The van der Waals surface area contributed by atoms with Gasteiger partial charge in [0, 0.05) is 32.7 Å². The fourth-order valence-corrected chi connectivity index (χ4v) is 7.96. The smallest absolute Gasteiger partial charge is 0.377 e. The average molecular weight is 636 g/mol. The van der Waals surface area contributed by atoms with Gasteiger partial charge in [0.25, 0.3) is 0 Å². The van der Waals surface area contributed by atoms with Crippen molar-refractivity contribution in [2.24, 2.45) is 0 Å². The lowest BCUT2D eigenvalue weighted by Gasteiger charge is -2.24. The first-order valence-corrected chi connectivity index (χ1v) is 20.5. The highest BCUT2D eigenvalue weighted by Gasteiger charge is 2.36. The average Bonchev–Trinajstić information content (AvgIpc) is 2.96. The standard InChI is InChI=1S/C34H71BrO3Si/c1-36-39(37-2,38-3)34-32-30-28-26-24-22-20-18-16-14-12-10-8-6-4-5-7-9-11-13-15-17-19-21-23-25-27-29-31-33-35/h4-34H2,1-3H3. The lowest BCUT2D eigenvalue weighted by Crippen LogP contribution is -2.42. The summed E-state index contributed by atoms with van der Waals surface area (Å²) in [6, 6.07) is 0.940. The van der Waals surface area contributed by atoms with Gasteiger partial charge in [0.1, 0.15) is 0 Å². The second-order valence-electron chi connectivity index (χ2n) is 12.0. The molecule has 0 aliphatic heterocycles. The molecule has 0 heterocycles. The zero-order valence-corrected chi connectivity index (χ0v) is 29.6. The minimum Gasteiger partial charge on any atom is -0.377 e. The van der Waals surface area contributed by atoms with Gasteiger partial charge >= 0.3 is 8.80 Å². The Morgan fingerprint density at radius 1 is 0.308 bits per heavy atom. The van der Waals surface area contributed by atoms with E-state index in [1.165, 1.54) is 185 Å². The molecule has 0 aromatic heterocycles. The lowest BCUT2D eigenvalue weighted by atomic mass is 10.0. The molecule has 0 saturated carbocycles. The minimum absolute atomic E-state index is 0.940. The van der Waals surface area contributed by atoms with E-state index in [1.54, 1.807) is 21.3 Å². The van der Waals surface area contributed by atoms with Crippen LogP contribution in [0.2, 0.25) is 6.04 Å². The number of halogens is 1. The highest BCUT2D eigenvalue weighted by molar-refractivity contribution is 9.09. The predicted molar refractivity (Wildman–Crippen MR) is 179 cm³/mol. The van der Waals surface area contributed by atoms with E-state index >= 15 is 0 Å². The normalized spacial score (nSPS) is 12.0. The van der Waals surface area contributed by atoms with Gasteiger partial charge < -0.3 is 13.3 Å². The van der Waals surface area contributed by atoms with Crippen LogP contribution in [-0.4, -0.2) is 35.5 Å². The van der Waals surface area contributed by atoms with Crippen molar-refractivity contribution in [3.05, 3.63) is 0 Å². The molecule has 0 radical (unpaired) electrons. The van der Waals surface area contributed by atoms with Gasteiger partial charge in [0.2, 0.25) is 0 Å². The molecule has 0 amide bonds. The van der Waals surface area contributed by atoms with Crippen molar-refractivity contribution in [3.8, 4) is 0 Å². The third kappa shape index (κ3) is 28.5. The van der Waals surface area contributed by atoms with Crippen LogP contribution in [0.15, 0.2) is 0 Å². The summed E-state index contributed by atoms with van der Waals surface area (Å²) < 4.78 is 16.5. The molecule has 5 heteroatoms. The molecule has 0 aromatic rings. The van der Waals surface area contributed by atoms with Crippen molar-refractivity contribution < 1.29 is 13.3 Å². The Morgan fingerprint density at radius 2 is 0.487 bits per heavy atom. The largest absolute Gasteiger partial charge is 0.500 e. The van der Waals surface area contributed by atoms with Gasteiger partial charge in [-0.05, 0) is 12.8 Å². The molecule has 3 nitrogen and oxygen atoms in total. The van der Waals surface area contributed by atoms with Gasteiger partial charge in [-0.25, -0.2) is 0 Å². The van der Waals surface area contributed by atoms with Crippen molar-refractivity contribution in [2.75, 3.05) is 26.7 Å². The molecular formula is C34H71BrO3Si. The molecule has 0 atom stereocenters. The monoisotopic (exact) mass is 634 g/mol. The summed E-state index contributed by atoms with van der Waals surface area (Å²) in [6.07, 6.45) is 41.5. The van der Waals surface area contributed by atoms with Gasteiger partial charge in [0.15, 0.2) is 0 Å². The Bertz CT molecular complexity index is 440. The molecule has 0 fully saturated rings. The van der Waals surface area contributed by atoms with E-state index in [-0.39, 0.29) is 0 Å². The van der Waals surface area contributed by atoms with Crippen LogP contribution >= 0.6 is 15.9 Å². The summed E-state index contributed by atoms with van der Waals surface area (Å²) >= 11 is 3.52. The highest BCUT2D eigenvalue weighted by atomic mass is 79.9. The summed E-state index contributed by atoms with van der Waals surface area (Å²) in [5.41, 5.74) is 0. The lowest BCUT2D eigenvalue weighted by molar-refractivity contribution is 0.122. The van der Waals surface area contributed by atoms with Crippen LogP contribution in [-0.2, 0) is 13.3 Å². The maximum atomic E-state index is 5.49. The number of hydrogen-bond acceptors (Lipinski definition) is 3. The van der Waals surface area contributed by atoms with Crippen LogP contribution in [0.4, 0.5) is 0 Å². The summed E-state index contributed by atoms with van der Waals surface area (Å²) in [6.45, 7) is 0. The van der Waals surface area contributed by atoms with Gasteiger partial charge in [-0.2, -0.15) is 0 Å². The molecule has 39 heavy (non-hydrogen) atoms. The quantitative estimate of drug-likeness (QED) is 0.0400. The molecular weight excluding hydrogens is 564 g/mol. The SMILES string of the molecule is CO[Si](CCCCCCCCCCCCCCCCCCCCCCCCCCCCCCCBr)(OC)OC. The zero-order valence-electron chi connectivity index (χ0n) is 27.0. The van der Waals surface area contributed by atoms with Crippen molar-refractivity contribution in [1.29, 1.82) is 0 Å². The van der Waals surface area contributed by atoms with E-state index in [9.17, 15) is 0 Å². The Hall–Kier alpha value is 0.577. The summed E-state index contributed by atoms with van der Waals surface area (Å²) in [5, 5.41) is 1.18. The summed E-state index contributed by atoms with van der Waals surface area (Å²) in [7, 11) is 2.79. The first kappa shape index (κ1) is 39.6. The maximum absolute atomic E-state index is 5.49. The van der Waals surface area contributed by atoms with Crippen molar-refractivity contribution in [2.45, 2.75) is 192 Å². The second kappa shape index (κ2) is 33.1. The first-order chi connectivity index (χ1) is 19.2. The Kier molecular flexibility index (Phi) is 33.6. The van der Waals surface area contributed by atoms with E-state index in [0.717, 1.165) is 12.5 Å². The van der Waals surface area contributed by atoms with E-state index < -0.39 is 8.80 Å². The first-order valence-electron chi connectivity index (χ1n) is 17.5. The molecule has 0 aliphatic carbocycles. The van der Waals surface area contributed by atoms with Crippen LogP contribution < -0.4 is 0 Å². The molecule has 0 aromatic carbocycles. The van der Waals surface area contributed by atoms with E-state index in [0.29, 0.717) is 0 Å². The Morgan fingerprint density at radius 3 is 0.667 bits per heavy atom. The predicted octanol–water partition coefficient (Wildman–Crippen LogP) is 12.6. The number of hydrogen-bond donors (Lipinski definition) is 0. The van der Waals surface area contributed by atoms with E-state index in [1.807, 2.05) is 0 Å². The minimum atomic E-state index is -2.34. The zero-order chi connectivity index (χ0) is 28.5. The molecule has 0 rings (SSSR count). The van der Waals surface area contributed by atoms with E-state index in [4.69, 9.17) is 13.3 Å². The van der Waals surface area contributed by atoms with Crippen molar-refractivity contribution in [3.63, 3.8) is 0 Å². The topological polar surface area (TPSA) is 27.7 Å². The molecule has 0 spiro atoms. The van der Waals surface area contributed by atoms with Crippen LogP contribution in [0.3, 0.4) is 0 Å². The fourth-order valence-electron chi connectivity index (χ4n) is 5.77. The number of rotatable bonds is 34. The Balaban J connectivity index is 3.12. The maximum Gasteiger partial charge on any atom is 0.500 e. The van der Waals surface area contributed by atoms with Gasteiger partial charge in [-0.15, -0.1) is 0 Å². The third-order valence-electron chi connectivity index (χ3n) is 8.55. The van der Waals surface area contributed by atoms with Crippen molar-refractivity contribution in [1.82, 2.24) is 0 Å². The highest BCUT2D eigenvalue weighted by Crippen LogP contribution is 2.19. The molecule has 0 aliphatic rings. The molecule has 0 unspecified atom stereocenters. The molecule has 0 bridgehead atoms.